The highest BCUT2D eigenvalue weighted by atomic mass is 32.2. The van der Waals surface area contributed by atoms with Crippen molar-refractivity contribution in [2.45, 2.75) is 11.4 Å². The maximum Gasteiger partial charge on any atom is 0.311 e. The Morgan fingerprint density at radius 2 is 1.96 bits per heavy atom. The summed E-state index contributed by atoms with van der Waals surface area (Å²) in [6.45, 7) is 0.0731. The molecule has 0 saturated heterocycles. The number of nitro benzene ring substituents is 1. The van der Waals surface area contributed by atoms with Crippen LogP contribution in [0.4, 0.5) is 5.69 Å². The van der Waals surface area contributed by atoms with Crippen molar-refractivity contribution in [3.05, 3.63) is 63.7 Å². The van der Waals surface area contributed by atoms with Crippen molar-refractivity contribution in [3.63, 3.8) is 0 Å². The lowest BCUT2D eigenvalue weighted by atomic mass is 10.2. The molecule has 0 N–H and O–H groups in total. The number of hydrogen-bond acceptors (Lipinski definition) is 6. The fourth-order valence-electron chi connectivity index (χ4n) is 2.22. The van der Waals surface area contributed by atoms with Gasteiger partial charge in [0, 0.05) is 30.1 Å². The second-order valence-electron chi connectivity index (χ2n) is 5.49. The molecule has 26 heavy (non-hydrogen) atoms. The molecule has 0 fully saturated rings. The van der Waals surface area contributed by atoms with Gasteiger partial charge in [0.25, 0.3) is 5.91 Å². The van der Waals surface area contributed by atoms with Gasteiger partial charge in [-0.25, -0.2) is 0 Å². The number of carbonyl (C=O) groups is 2. The lowest BCUT2D eigenvalue weighted by molar-refractivity contribution is -0.385. The number of carbonyl (C=O) groups excluding carboxylic acids is 2. The van der Waals surface area contributed by atoms with Crippen LogP contribution in [0, 0.1) is 10.1 Å². The van der Waals surface area contributed by atoms with E-state index in [9.17, 15) is 19.7 Å². The summed E-state index contributed by atoms with van der Waals surface area (Å²) >= 11 is 1.64. The third-order valence-electron chi connectivity index (χ3n) is 3.67. The first-order valence-corrected chi connectivity index (χ1v) is 8.90. The van der Waals surface area contributed by atoms with Crippen LogP contribution in [-0.2, 0) is 11.3 Å². The van der Waals surface area contributed by atoms with E-state index in [1.165, 1.54) is 17.0 Å². The molecule has 8 heteroatoms. The van der Waals surface area contributed by atoms with Crippen molar-refractivity contribution in [2.75, 3.05) is 19.9 Å². The summed E-state index contributed by atoms with van der Waals surface area (Å²) in [5.74, 6) is -0.362. The van der Waals surface area contributed by atoms with Gasteiger partial charge < -0.3 is 9.64 Å². The highest BCUT2D eigenvalue weighted by Gasteiger charge is 2.18. The van der Waals surface area contributed by atoms with Crippen molar-refractivity contribution in [3.8, 4) is 5.75 Å². The van der Waals surface area contributed by atoms with E-state index in [1.807, 2.05) is 30.5 Å². The standard InChI is InChI=1S/C18H18N2O5S/c1-19(10-13-3-6-15(26-2)7-4-13)18(22)12-25-17-8-5-14(11-21)9-16(17)20(23)24/h3-9,11H,10,12H2,1-2H3. The summed E-state index contributed by atoms with van der Waals surface area (Å²) in [5, 5.41) is 11.1. The van der Waals surface area contributed by atoms with Gasteiger partial charge in [-0.05, 0) is 36.1 Å². The molecule has 2 aromatic carbocycles. The second-order valence-corrected chi connectivity index (χ2v) is 6.37. The van der Waals surface area contributed by atoms with Gasteiger partial charge in [0.05, 0.1) is 4.92 Å². The Morgan fingerprint density at radius 1 is 1.27 bits per heavy atom. The van der Waals surface area contributed by atoms with Crippen LogP contribution >= 0.6 is 11.8 Å². The van der Waals surface area contributed by atoms with E-state index < -0.39 is 4.92 Å². The summed E-state index contributed by atoms with van der Waals surface area (Å²) in [6.07, 6.45) is 2.50. The lowest BCUT2D eigenvalue weighted by Crippen LogP contribution is -2.31. The summed E-state index contributed by atoms with van der Waals surface area (Å²) in [6, 6.07) is 11.7. The number of aldehydes is 1. The number of rotatable bonds is 8. The highest BCUT2D eigenvalue weighted by Crippen LogP contribution is 2.27. The Kier molecular flexibility index (Phi) is 6.74. The van der Waals surface area contributed by atoms with Crippen LogP contribution in [0.25, 0.3) is 0 Å². The molecule has 2 rings (SSSR count). The molecule has 0 unspecified atom stereocenters. The average molecular weight is 374 g/mol. The maximum atomic E-state index is 12.2. The largest absolute Gasteiger partial charge is 0.477 e. The SMILES string of the molecule is CSc1ccc(CN(C)C(=O)COc2ccc(C=O)cc2[N+](=O)[O-])cc1. The number of benzene rings is 2. The Labute approximate surface area is 155 Å². The maximum absolute atomic E-state index is 12.2. The van der Waals surface area contributed by atoms with Gasteiger partial charge in [-0.3, -0.25) is 19.7 Å². The Balaban J connectivity index is 1.99. The van der Waals surface area contributed by atoms with Crippen LogP contribution in [0.3, 0.4) is 0 Å². The van der Waals surface area contributed by atoms with Crippen LogP contribution in [0.15, 0.2) is 47.4 Å². The van der Waals surface area contributed by atoms with E-state index in [0.29, 0.717) is 12.8 Å². The Hall–Kier alpha value is -2.87. The molecule has 0 spiro atoms. The first kappa shape index (κ1) is 19.5. The molecule has 0 aromatic heterocycles. The quantitative estimate of drug-likeness (QED) is 0.305. The molecule has 0 aliphatic rings. The number of amides is 1. The van der Waals surface area contributed by atoms with Gasteiger partial charge in [-0.1, -0.05) is 12.1 Å². The monoisotopic (exact) mass is 374 g/mol. The third-order valence-corrected chi connectivity index (χ3v) is 4.42. The van der Waals surface area contributed by atoms with E-state index >= 15 is 0 Å². The van der Waals surface area contributed by atoms with Crippen molar-refractivity contribution in [2.24, 2.45) is 0 Å². The van der Waals surface area contributed by atoms with Gasteiger partial charge in [0.1, 0.15) is 6.29 Å². The topological polar surface area (TPSA) is 89.8 Å². The second kappa shape index (κ2) is 9.00. The molecule has 0 aliphatic carbocycles. The molecule has 0 saturated carbocycles. The van der Waals surface area contributed by atoms with Crippen LogP contribution in [0.1, 0.15) is 15.9 Å². The summed E-state index contributed by atoms with van der Waals surface area (Å²) < 4.78 is 5.30. The summed E-state index contributed by atoms with van der Waals surface area (Å²) in [7, 11) is 1.64. The molecule has 7 nitrogen and oxygen atoms in total. The van der Waals surface area contributed by atoms with Gasteiger partial charge in [-0.15, -0.1) is 11.8 Å². The lowest BCUT2D eigenvalue weighted by Gasteiger charge is -2.17. The zero-order valence-corrected chi connectivity index (χ0v) is 15.2. The minimum Gasteiger partial charge on any atom is -0.477 e. The predicted molar refractivity (Wildman–Crippen MR) is 98.7 cm³/mol. The molecular weight excluding hydrogens is 356 g/mol. The summed E-state index contributed by atoms with van der Waals surface area (Å²) in [5.41, 5.74) is 0.791. The van der Waals surface area contributed by atoms with E-state index in [0.717, 1.165) is 16.5 Å². The molecular formula is C18H18N2O5S. The van der Waals surface area contributed by atoms with Crippen LogP contribution in [-0.4, -0.2) is 41.9 Å². The minimum absolute atomic E-state index is 0.0494. The van der Waals surface area contributed by atoms with E-state index in [4.69, 9.17) is 4.74 Å². The average Bonchev–Trinajstić information content (AvgIpc) is 2.66. The fraction of sp³-hybridized carbons (Fsp3) is 0.222. The fourth-order valence-corrected chi connectivity index (χ4v) is 2.62. The molecule has 0 heterocycles. The van der Waals surface area contributed by atoms with E-state index in [-0.39, 0.29) is 29.5 Å². The van der Waals surface area contributed by atoms with E-state index in [2.05, 4.69) is 0 Å². The molecule has 136 valence electrons. The zero-order chi connectivity index (χ0) is 19.1. The first-order valence-electron chi connectivity index (χ1n) is 7.68. The van der Waals surface area contributed by atoms with Crippen molar-refractivity contribution in [1.29, 1.82) is 0 Å². The molecule has 2 aromatic rings. The Morgan fingerprint density at radius 3 is 2.54 bits per heavy atom. The van der Waals surface area contributed by atoms with Crippen molar-refractivity contribution in [1.82, 2.24) is 4.90 Å². The number of likely N-dealkylation sites (N-methyl/N-ethyl adjacent to an activating group) is 1. The third kappa shape index (κ3) is 5.06. The van der Waals surface area contributed by atoms with Crippen LogP contribution < -0.4 is 4.74 Å². The van der Waals surface area contributed by atoms with Crippen molar-refractivity contribution >= 4 is 29.6 Å². The number of ether oxygens (including phenoxy) is 1. The summed E-state index contributed by atoms with van der Waals surface area (Å²) in [4.78, 5) is 36.0. The molecule has 0 atom stereocenters. The van der Waals surface area contributed by atoms with Crippen molar-refractivity contribution < 1.29 is 19.2 Å². The number of hydrogen-bond donors (Lipinski definition) is 0. The van der Waals surface area contributed by atoms with Gasteiger partial charge >= 0.3 is 5.69 Å². The number of nitrogens with zero attached hydrogens (tertiary/aromatic N) is 2. The predicted octanol–water partition coefficient (Wildman–Crippen LogP) is 3.17. The smallest absolute Gasteiger partial charge is 0.311 e. The minimum atomic E-state index is -0.649. The van der Waals surface area contributed by atoms with Gasteiger partial charge in [0.2, 0.25) is 0 Å². The normalized spacial score (nSPS) is 10.2. The van der Waals surface area contributed by atoms with Gasteiger partial charge in [0.15, 0.2) is 12.4 Å². The molecule has 1 amide bonds. The van der Waals surface area contributed by atoms with Gasteiger partial charge in [-0.2, -0.15) is 0 Å². The number of thioether (sulfide) groups is 1. The van der Waals surface area contributed by atoms with E-state index in [1.54, 1.807) is 18.8 Å². The highest BCUT2D eigenvalue weighted by molar-refractivity contribution is 7.98. The molecule has 0 radical (unpaired) electrons. The Bertz CT molecular complexity index is 808. The zero-order valence-electron chi connectivity index (χ0n) is 14.4. The van der Waals surface area contributed by atoms with Crippen LogP contribution in [0.2, 0.25) is 0 Å². The first-order chi connectivity index (χ1) is 12.4. The molecule has 0 aliphatic heterocycles. The number of nitro groups is 1. The molecule has 0 bridgehead atoms. The van der Waals surface area contributed by atoms with Crippen LogP contribution in [0.5, 0.6) is 5.75 Å².